The van der Waals surface area contributed by atoms with E-state index in [4.69, 9.17) is 14.5 Å². The molecule has 0 saturated carbocycles. The third kappa shape index (κ3) is 4.63. The first-order valence-corrected chi connectivity index (χ1v) is 11.2. The molecular weight excluding hydrogens is 446 g/mol. The van der Waals surface area contributed by atoms with Crippen molar-refractivity contribution in [3.05, 3.63) is 72.3 Å². The van der Waals surface area contributed by atoms with E-state index in [0.29, 0.717) is 35.2 Å². The van der Waals surface area contributed by atoms with Crippen molar-refractivity contribution in [3.63, 3.8) is 0 Å². The Hall–Kier alpha value is -4.46. The highest BCUT2D eigenvalue weighted by Gasteiger charge is 2.23. The molecule has 176 valence electrons. The predicted octanol–water partition coefficient (Wildman–Crippen LogP) is 3.18. The number of rotatable bonds is 5. The predicted molar refractivity (Wildman–Crippen MR) is 131 cm³/mol. The van der Waals surface area contributed by atoms with Gasteiger partial charge in [-0.1, -0.05) is 36.4 Å². The van der Waals surface area contributed by atoms with Crippen LogP contribution in [0.3, 0.4) is 0 Å². The fraction of sp³-hybridized carbons (Fsp3) is 0.185. The molecule has 0 bridgehead atoms. The second-order valence-electron chi connectivity index (χ2n) is 8.24. The Morgan fingerprint density at radius 2 is 1.83 bits per heavy atom. The number of hydrogen-bond acceptors (Lipinski definition) is 6. The quantitative estimate of drug-likeness (QED) is 0.451. The summed E-state index contributed by atoms with van der Waals surface area (Å²) in [4.78, 5) is 43.2. The summed E-state index contributed by atoms with van der Waals surface area (Å²) in [7, 11) is 1.63. The summed E-state index contributed by atoms with van der Waals surface area (Å²) in [5.41, 5.74) is 2.43. The maximum atomic E-state index is 13.1. The minimum absolute atomic E-state index is 0.0352. The fourth-order valence-electron chi connectivity index (χ4n) is 4.15. The van der Waals surface area contributed by atoms with Crippen molar-refractivity contribution in [2.75, 3.05) is 33.4 Å². The molecule has 2 heterocycles. The Morgan fingerprint density at radius 1 is 1.03 bits per heavy atom. The number of esters is 1. The van der Waals surface area contributed by atoms with Crippen molar-refractivity contribution in [2.45, 2.75) is 0 Å². The lowest BCUT2D eigenvalue weighted by Gasteiger charge is -2.26. The number of aromatic nitrogens is 1. The summed E-state index contributed by atoms with van der Waals surface area (Å²) >= 11 is 0. The topological polar surface area (TPSA) is 97.8 Å². The van der Waals surface area contributed by atoms with Crippen LogP contribution in [0.1, 0.15) is 10.4 Å². The Kier molecular flexibility index (Phi) is 6.01. The number of carbonyl (C=O) groups excluding carboxylic acids is 3. The van der Waals surface area contributed by atoms with Gasteiger partial charge < -0.3 is 19.7 Å². The number of nitrogens with zero attached hydrogens (tertiary/aromatic N) is 2. The van der Waals surface area contributed by atoms with E-state index >= 15 is 0 Å². The standard InChI is InChI=1S/C27H23N3O5/c1-34-20-9-8-17-12-19(7-6-18(17)13-20)24-14-22(21-4-2-3-5-23(21)29-24)27(33)35-16-26(32)30-11-10-28-25(31)15-30/h2-9,12-14H,10-11,15-16H2,1H3,(H,28,31). The van der Waals surface area contributed by atoms with Crippen LogP contribution in [0.4, 0.5) is 0 Å². The van der Waals surface area contributed by atoms with Crippen molar-refractivity contribution in [3.8, 4) is 17.0 Å². The maximum absolute atomic E-state index is 13.1. The van der Waals surface area contributed by atoms with Crippen LogP contribution < -0.4 is 10.1 Å². The summed E-state index contributed by atoms with van der Waals surface area (Å²) in [6, 6.07) is 20.7. The number of ether oxygens (including phenoxy) is 2. The molecule has 4 aromatic rings. The molecule has 8 nitrogen and oxygen atoms in total. The number of nitrogens with one attached hydrogen (secondary N) is 1. The van der Waals surface area contributed by atoms with E-state index in [2.05, 4.69) is 5.32 Å². The second-order valence-corrected chi connectivity index (χ2v) is 8.24. The maximum Gasteiger partial charge on any atom is 0.339 e. The summed E-state index contributed by atoms with van der Waals surface area (Å²) in [6.45, 7) is 0.302. The van der Waals surface area contributed by atoms with E-state index in [1.54, 1.807) is 19.2 Å². The summed E-state index contributed by atoms with van der Waals surface area (Å²) in [6.07, 6.45) is 0. The van der Waals surface area contributed by atoms with Gasteiger partial charge in [0.25, 0.3) is 5.91 Å². The highest BCUT2D eigenvalue weighted by atomic mass is 16.5. The molecule has 8 heteroatoms. The molecule has 1 N–H and O–H groups in total. The van der Waals surface area contributed by atoms with E-state index in [-0.39, 0.29) is 12.5 Å². The van der Waals surface area contributed by atoms with Crippen molar-refractivity contribution in [1.29, 1.82) is 0 Å². The lowest BCUT2D eigenvalue weighted by Crippen LogP contribution is -2.51. The minimum Gasteiger partial charge on any atom is -0.497 e. The number of benzene rings is 3. The van der Waals surface area contributed by atoms with Gasteiger partial charge in [-0.3, -0.25) is 9.59 Å². The van der Waals surface area contributed by atoms with Gasteiger partial charge in [-0.25, -0.2) is 9.78 Å². The third-order valence-electron chi connectivity index (χ3n) is 6.00. The molecular formula is C27H23N3O5. The molecule has 1 aromatic heterocycles. The zero-order valence-electron chi connectivity index (χ0n) is 19.1. The largest absolute Gasteiger partial charge is 0.497 e. The van der Waals surface area contributed by atoms with Gasteiger partial charge in [-0.05, 0) is 41.1 Å². The number of pyridine rings is 1. The van der Waals surface area contributed by atoms with E-state index in [1.165, 1.54) is 4.90 Å². The molecule has 1 fully saturated rings. The molecule has 0 radical (unpaired) electrons. The highest BCUT2D eigenvalue weighted by molar-refractivity contribution is 6.05. The number of para-hydroxylation sites is 1. The zero-order chi connectivity index (χ0) is 24.4. The van der Waals surface area contributed by atoms with Crippen LogP contribution >= 0.6 is 0 Å². The molecule has 1 aliphatic rings. The monoisotopic (exact) mass is 469 g/mol. The number of amides is 2. The molecule has 2 amide bonds. The number of carbonyl (C=O) groups is 3. The van der Waals surface area contributed by atoms with Crippen molar-refractivity contribution in [1.82, 2.24) is 15.2 Å². The average molecular weight is 469 g/mol. The number of fused-ring (bicyclic) bond motifs is 2. The van der Waals surface area contributed by atoms with Crippen LogP contribution in [-0.4, -0.2) is 61.0 Å². The Bertz CT molecular complexity index is 1470. The summed E-state index contributed by atoms with van der Waals surface area (Å²) in [5, 5.41) is 5.34. The van der Waals surface area contributed by atoms with Gasteiger partial charge in [-0.15, -0.1) is 0 Å². The average Bonchev–Trinajstić information content (AvgIpc) is 2.90. The third-order valence-corrected chi connectivity index (χ3v) is 6.00. The first-order valence-electron chi connectivity index (χ1n) is 11.2. The van der Waals surface area contributed by atoms with Gasteiger partial charge in [0.2, 0.25) is 5.91 Å². The zero-order valence-corrected chi connectivity index (χ0v) is 19.1. The Balaban J connectivity index is 1.44. The number of piperazine rings is 1. The lowest BCUT2D eigenvalue weighted by atomic mass is 10.0. The first-order chi connectivity index (χ1) is 17.0. The first kappa shape index (κ1) is 22.3. The molecule has 0 aliphatic carbocycles. The number of hydrogen-bond donors (Lipinski definition) is 1. The van der Waals surface area contributed by atoms with Crippen LogP contribution in [0.5, 0.6) is 5.75 Å². The number of methoxy groups -OCH3 is 1. The SMILES string of the molecule is COc1ccc2cc(-c3cc(C(=O)OCC(=O)N4CCNC(=O)C4)c4ccccc4n3)ccc2c1. The van der Waals surface area contributed by atoms with Gasteiger partial charge >= 0.3 is 5.97 Å². The molecule has 5 rings (SSSR count). The van der Waals surface area contributed by atoms with E-state index in [1.807, 2.05) is 54.6 Å². The van der Waals surface area contributed by atoms with Crippen molar-refractivity contribution < 1.29 is 23.9 Å². The second kappa shape index (κ2) is 9.42. The normalized spacial score (nSPS) is 13.5. The Morgan fingerprint density at radius 3 is 2.66 bits per heavy atom. The smallest absolute Gasteiger partial charge is 0.339 e. The summed E-state index contributed by atoms with van der Waals surface area (Å²) < 4.78 is 10.7. The van der Waals surface area contributed by atoms with Crippen LogP contribution in [-0.2, 0) is 14.3 Å². The molecule has 35 heavy (non-hydrogen) atoms. The molecule has 0 spiro atoms. The van der Waals surface area contributed by atoms with Crippen LogP contribution in [0.25, 0.3) is 32.9 Å². The van der Waals surface area contributed by atoms with Crippen molar-refractivity contribution in [2.24, 2.45) is 0 Å². The van der Waals surface area contributed by atoms with Gasteiger partial charge in [0.15, 0.2) is 6.61 Å². The summed E-state index contributed by atoms with van der Waals surface area (Å²) in [5.74, 6) is -0.477. The molecule has 0 unspecified atom stereocenters. The van der Waals surface area contributed by atoms with E-state index < -0.39 is 18.5 Å². The molecule has 1 aliphatic heterocycles. The van der Waals surface area contributed by atoms with Gasteiger partial charge in [-0.2, -0.15) is 0 Å². The Labute approximate surface area is 201 Å². The van der Waals surface area contributed by atoms with Crippen LogP contribution in [0.2, 0.25) is 0 Å². The molecule has 3 aromatic carbocycles. The highest BCUT2D eigenvalue weighted by Crippen LogP contribution is 2.29. The van der Waals surface area contributed by atoms with Gasteiger partial charge in [0, 0.05) is 24.0 Å². The molecule has 1 saturated heterocycles. The van der Waals surface area contributed by atoms with E-state index in [0.717, 1.165) is 22.1 Å². The van der Waals surface area contributed by atoms with Gasteiger partial charge in [0.05, 0.1) is 30.4 Å². The minimum atomic E-state index is -0.620. The molecule has 0 atom stereocenters. The van der Waals surface area contributed by atoms with E-state index in [9.17, 15) is 14.4 Å². The van der Waals surface area contributed by atoms with Crippen molar-refractivity contribution >= 4 is 39.5 Å². The fourth-order valence-corrected chi connectivity index (χ4v) is 4.15. The van der Waals surface area contributed by atoms with Crippen LogP contribution in [0.15, 0.2) is 66.7 Å². The lowest BCUT2D eigenvalue weighted by molar-refractivity contribution is -0.140. The van der Waals surface area contributed by atoms with Gasteiger partial charge in [0.1, 0.15) is 5.75 Å². The van der Waals surface area contributed by atoms with Crippen LogP contribution in [0, 0.1) is 0 Å².